The Balaban J connectivity index is 1.57. The molecule has 8 heteroatoms. The van der Waals surface area contributed by atoms with E-state index in [0.29, 0.717) is 30.0 Å². The molecule has 1 fully saturated rings. The minimum absolute atomic E-state index is 0.114. The molecule has 1 amide bonds. The number of pyridine rings is 2. The van der Waals surface area contributed by atoms with E-state index in [2.05, 4.69) is 9.97 Å². The highest BCUT2D eigenvalue weighted by Crippen LogP contribution is 2.50. The van der Waals surface area contributed by atoms with Crippen molar-refractivity contribution >= 4 is 15.9 Å². The molecule has 0 bridgehead atoms. The maximum absolute atomic E-state index is 13.5. The topological polar surface area (TPSA) is 83.5 Å². The number of hydrogen-bond donors (Lipinski definition) is 0. The number of sulfonamides is 1. The lowest BCUT2D eigenvalue weighted by Crippen LogP contribution is -2.46. The molecule has 1 spiro atoms. The summed E-state index contributed by atoms with van der Waals surface area (Å²) in [6.07, 6.45) is 7.06. The first-order chi connectivity index (χ1) is 14.5. The lowest BCUT2D eigenvalue weighted by molar-refractivity contribution is 0.0762. The van der Waals surface area contributed by atoms with Crippen molar-refractivity contribution in [2.24, 2.45) is 0 Å². The van der Waals surface area contributed by atoms with Crippen LogP contribution in [0.4, 0.5) is 0 Å². The molecule has 0 radical (unpaired) electrons. The first-order valence-electron chi connectivity index (χ1n) is 9.73. The minimum Gasteiger partial charge on any atom is -0.336 e. The molecule has 1 saturated heterocycles. The van der Waals surface area contributed by atoms with Crippen molar-refractivity contribution in [1.29, 1.82) is 0 Å². The van der Waals surface area contributed by atoms with E-state index in [1.807, 2.05) is 18.2 Å². The van der Waals surface area contributed by atoms with Crippen LogP contribution in [0.5, 0.6) is 0 Å². The fourth-order valence-electron chi connectivity index (χ4n) is 4.52. The SMILES string of the molecule is O=C(c1ccncc1)N1CCC2(C1)c1ccccc1S(=O)(=O)N2Cc1cccnc1. The summed E-state index contributed by atoms with van der Waals surface area (Å²) in [5.41, 5.74) is 1.34. The normalized spacial score (nSPS) is 22.3. The van der Waals surface area contributed by atoms with Gasteiger partial charge in [0, 0.05) is 50.0 Å². The van der Waals surface area contributed by atoms with Crippen LogP contribution in [-0.2, 0) is 22.1 Å². The molecule has 1 unspecified atom stereocenters. The number of aromatic nitrogens is 2. The number of amides is 1. The first-order valence-corrected chi connectivity index (χ1v) is 11.2. The van der Waals surface area contributed by atoms with E-state index >= 15 is 0 Å². The van der Waals surface area contributed by atoms with Gasteiger partial charge in [-0.2, -0.15) is 4.31 Å². The van der Waals surface area contributed by atoms with E-state index in [4.69, 9.17) is 0 Å². The van der Waals surface area contributed by atoms with Crippen LogP contribution in [0.2, 0.25) is 0 Å². The maximum atomic E-state index is 13.5. The molecule has 2 aliphatic rings. The van der Waals surface area contributed by atoms with Gasteiger partial charge in [0.25, 0.3) is 5.91 Å². The molecule has 4 heterocycles. The largest absolute Gasteiger partial charge is 0.336 e. The van der Waals surface area contributed by atoms with Crippen molar-refractivity contribution in [1.82, 2.24) is 19.2 Å². The molecule has 2 aromatic heterocycles. The molecular formula is C22H20N4O3S. The fourth-order valence-corrected chi connectivity index (χ4v) is 6.57. The number of carbonyl (C=O) groups excluding carboxylic acids is 1. The Morgan fingerprint density at radius 3 is 2.57 bits per heavy atom. The van der Waals surface area contributed by atoms with Crippen LogP contribution in [0.25, 0.3) is 0 Å². The van der Waals surface area contributed by atoms with E-state index in [1.165, 1.54) is 0 Å². The van der Waals surface area contributed by atoms with E-state index in [1.54, 1.807) is 64.3 Å². The number of carbonyl (C=O) groups is 1. The summed E-state index contributed by atoms with van der Waals surface area (Å²) in [5, 5.41) is 0. The Morgan fingerprint density at radius 1 is 1.00 bits per heavy atom. The molecule has 5 rings (SSSR count). The van der Waals surface area contributed by atoms with Crippen molar-refractivity contribution in [2.45, 2.75) is 23.4 Å². The smallest absolute Gasteiger partial charge is 0.254 e. The van der Waals surface area contributed by atoms with Crippen LogP contribution in [0.3, 0.4) is 0 Å². The third-order valence-electron chi connectivity index (χ3n) is 5.95. The van der Waals surface area contributed by atoms with E-state index in [0.717, 1.165) is 11.1 Å². The van der Waals surface area contributed by atoms with Crippen LogP contribution in [0, 0.1) is 0 Å². The van der Waals surface area contributed by atoms with Crippen LogP contribution in [0.1, 0.15) is 27.9 Å². The van der Waals surface area contributed by atoms with Gasteiger partial charge < -0.3 is 4.90 Å². The predicted molar refractivity (Wildman–Crippen MR) is 110 cm³/mol. The third-order valence-corrected chi connectivity index (χ3v) is 7.92. The summed E-state index contributed by atoms with van der Waals surface area (Å²) in [7, 11) is -3.69. The van der Waals surface area contributed by atoms with Crippen LogP contribution < -0.4 is 0 Å². The van der Waals surface area contributed by atoms with Gasteiger partial charge in [-0.25, -0.2) is 8.42 Å². The molecule has 30 heavy (non-hydrogen) atoms. The molecule has 2 aliphatic heterocycles. The summed E-state index contributed by atoms with van der Waals surface area (Å²) in [4.78, 5) is 23.2. The highest BCUT2D eigenvalue weighted by atomic mass is 32.2. The summed E-state index contributed by atoms with van der Waals surface area (Å²) < 4.78 is 28.5. The van der Waals surface area contributed by atoms with E-state index in [9.17, 15) is 13.2 Å². The molecule has 0 N–H and O–H groups in total. The van der Waals surface area contributed by atoms with Gasteiger partial charge in [0.15, 0.2) is 0 Å². The Hall–Kier alpha value is -3.10. The summed E-state index contributed by atoms with van der Waals surface area (Å²) in [6, 6.07) is 14.2. The highest BCUT2D eigenvalue weighted by Gasteiger charge is 2.57. The molecule has 152 valence electrons. The van der Waals surface area contributed by atoms with Crippen molar-refractivity contribution in [3.8, 4) is 0 Å². The zero-order valence-electron chi connectivity index (χ0n) is 16.2. The van der Waals surface area contributed by atoms with E-state index in [-0.39, 0.29) is 12.5 Å². The monoisotopic (exact) mass is 420 g/mol. The van der Waals surface area contributed by atoms with Gasteiger partial charge in [-0.05, 0) is 41.8 Å². The standard InChI is InChI=1S/C22H20N4O3S/c27-21(18-7-11-23-12-8-18)25-13-9-22(16-25)19-5-1-2-6-20(19)30(28,29)26(22)15-17-4-3-10-24-14-17/h1-8,10-12,14H,9,13,15-16H2. The molecule has 0 saturated carbocycles. The molecule has 0 aliphatic carbocycles. The van der Waals surface area contributed by atoms with Gasteiger partial charge in [0.1, 0.15) is 0 Å². The Kier molecular flexibility index (Phi) is 4.41. The molecule has 3 aromatic rings. The summed E-state index contributed by atoms with van der Waals surface area (Å²) in [5.74, 6) is -0.114. The summed E-state index contributed by atoms with van der Waals surface area (Å²) >= 11 is 0. The highest BCUT2D eigenvalue weighted by molar-refractivity contribution is 7.89. The van der Waals surface area contributed by atoms with Crippen LogP contribution >= 0.6 is 0 Å². The minimum atomic E-state index is -3.69. The average molecular weight is 420 g/mol. The number of fused-ring (bicyclic) bond motifs is 2. The Labute approximate surface area is 175 Å². The van der Waals surface area contributed by atoms with Crippen molar-refractivity contribution in [3.05, 3.63) is 90.0 Å². The first kappa shape index (κ1) is 18.9. The second kappa shape index (κ2) is 7.00. The fraction of sp³-hybridized carbons (Fsp3) is 0.227. The third kappa shape index (κ3) is 2.83. The van der Waals surface area contributed by atoms with Gasteiger partial charge in [-0.15, -0.1) is 0 Å². The van der Waals surface area contributed by atoms with Gasteiger partial charge in [-0.3, -0.25) is 14.8 Å². The number of nitrogens with zero attached hydrogens (tertiary/aromatic N) is 4. The Bertz CT molecular complexity index is 1200. The predicted octanol–water partition coefficient (Wildman–Crippen LogP) is 2.42. The van der Waals surface area contributed by atoms with Gasteiger partial charge in [0.2, 0.25) is 10.0 Å². The van der Waals surface area contributed by atoms with E-state index < -0.39 is 15.6 Å². The van der Waals surface area contributed by atoms with Gasteiger partial charge in [-0.1, -0.05) is 24.3 Å². The Morgan fingerprint density at radius 2 is 1.80 bits per heavy atom. The number of benzene rings is 1. The van der Waals surface area contributed by atoms with Gasteiger partial charge >= 0.3 is 0 Å². The average Bonchev–Trinajstić information content (AvgIpc) is 3.30. The maximum Gasteiger partial charge on any atom is 0.254 e. The van der Waals surface area contributed by atoms with Crippen LogP contribution in [0.15, 0.2) is 78.2 Å². The van der Waals surface area contributed by atoms with Crippen molar-refractivity contribution < 1.29 is 13.2 Å². The second-order valence-corrected chi connectivity index (χ2v) is 9.44. The van der Waals surface area contributed by atoms with Crippen molar-refractivity contribution in [2.75, 3.05) is 13.1 Å². The lowest BCUT2D eigenvalue weighted by Gasteiger charge is -2.34. The van der Waals surface area contributed by atoms with Crippen LogP contribution in [-0.4, -0.2) is 46.6 Å². The number of hydrogen-bond acceptors (Lipinski definition) is 5. The molecule has 1 atom stereocenters. The zero-order chi connectivity index (χ0) is 20.8. The molecule has 7 nitrogen and oxygen atoms in total. The summed E-state index contributed by atoms with van der Waals surface area (Å²) in [6.45, 7) is 1.00. The quantitative estimate of drug-likeness (QED) is 0.650. The second-order valence-electron chi connectivity index (χ2n) is 7.61. The molecule has 1 aromatic carbocycles. The molecular weight excluding hydrogens is 400 g/mol. The number of rotatable bonds is 3. The van der Waals surface area contributed by atoms with Crippen molar-refractivity contribution in [3.63, 3.8) is 0 Å². The van der Waals surface area contributed by atoms with Gasteiger partial charge in [0.05, 0.1) is 10.4 Å². The number of likely N-dealkylation sites (tertiary alicyclic amines) is 1. The zero-order valence-corrected chi connectivity index (χ0v) is 17.0. The lowest BCUT2D eigenvalue weighted by atomic mass is 9.88.